The Bertz CT molecular complexity index is 660. The van der Waals surface area contributed by atoms with Crippen molar-refractivity contribution in [1.29, 1.82) is 0 Å². The molecule has 1 unspecified atom stereocenters. The van der Waals surface area contributed by atoms with Gasteiger partial charge in [-0.3, -0.25) is 9.00 Å². The lowest BCUT2D eigenvalue weighted by molar-refractivity contribution is 0.0690. The fourth-order valence-corrected chi connectivity index (χ4v) is 3.65. The zero-order chi connectivity index (χ0) is 15.4. The second kappa shape index (κ2) is 6.92. The van der Waals surface area contributed by atoms with E-state index in [0.717, 1.165) is 30.8 Å². The quantitative estimate of drug-likeness (QED) is 0.870. The van der Waals surface area contributed by atoms with Crippen LogP contribution < -0.4 is 0 Å². The van der Waals surface area contributed by atoms with E-state index in [0.29, 0.717) is 11.5 Å². The van der Waals surface area contributed by atoms with Gasteiger partial charge in [-0.1, -0.05) is 18.2 Å². The van der Waals surface area contributed by atoms with Gasteiger partial charge in [0.2, 0.25) is 0 Å². The van der Waals surface area contributed by atoms with E-state index in [9.17, 15) is 9.00 Å². The Morgan fingerprint density at radius 1 is 1.05 bits per heavy atom. The first kappa shape index (κ1) is 15.0. The SMILES string of the molecule is O=C(c1ccc(CS(=O)c2ccccc2)o1)N1CCCCC1. The van der Waals surface area contributed by atoms with E-state index in [2.05, 4.69) is 0 Å². The van der Waals surface area contributed by atoms with Crippen LogP contribution in [0.4, 0.5) is 0 Å². The molecule has 3 rings (SSSR count). The second-order valence-corrected chi connectivity index (χ2v) is 6.87. The summed E-state index contributed by atoms with van der Waals surface area (Å²) in [4.78, 5) is 14.9. The van der Waals surface area contributed by atoms with Crippen LogP contribution in [-0.2, 0) is 16.6 Å². The fraction of sp³-hybridized carbons (Fsp3) is 0.353. The topological polar surface area (TPSA) is 50.5 Å². The van der Waals surface area contributed by atoms with Gasteiger partial charge in [0.05, 0.1) is 16.6 Å². The summed E-state index contributed by atoms with van der Waals surface area (Å²) in [6.45, 7) is 1.59. The molecule has 2 aromatic rings. The van der Waals surface area contributed by atoms with Crippen LogP contribution in [0.5, 0.6) is 0 Å². The molecule has 4 nitrogen and oxygen atoms in total. The van der Waals surface area contributed by atoms with Crippen molar-refractivity contribution in [3.8, 4) is 0 Å². The van der Waals surface area contributed by atoms with Crippen molar-refractivity contribution in [2.24, 2.45) is 0 Å². The zero-order valence-electron chi connectivity index (χ0n) is 12.4. The molecule has 1 fully saturated rings. The number of furan rings is 1. The lowest BCUT2D eigenvalue weighted by Crippen LogP contribution is -2.35. The van der Waals surface area contributed by atoms with Crippen molar-refractivity contribution < 1.29 is 13.4 Å². The Morgan fingerprint density at radius 2 is 1.77 bits per heavy atom. The largest absolute Gasteiger partial charge is 0.455 e. The van der Waals surface area contributed by atoms with Crippen LogP contribution in [0.1, 0.15) is 35.6 Å². The molecule has 0 bridgehead atoms. The van der Waals surface area contributed by atoms with Crippen molar-refractivity contribution in [3.63, 3.8) is 0 Å². The number of benzene rings is 1. The minimum Gasteiger partial charge on any atom is -0.455 e. The third kappa shape index (κ3) is 3.47. The van der Waals surface area contributed by atoms with Crippen LogP contribution in [0.15, 0.2) is 51.8 Å². The Hall–Kier alpha value is -1.88. The summed E-state index contributed by atoms with van der Waals surface area (Å²) in [6.07, 6.45) is 3.29. The van der Waals surface area contributed by atoms with E-state index in [4.69, 9.17) is 4.42 Å². The average molecular weight is 317 g/mol. The molecule has 0 spiro atoms. The van der Waals surface area contributed by atoms with Gasteiger partial charge in [-0.15, -0.1) is 0 Å². The molecule has 5 heteroatoms. The molecular weight excluding hydrogens is 298 g/mol. The van der Waals surface area contributed by atoms with Crippen molar-refractivity contribution in [1.82, 2.24) is 4.90 Å². The van der Waals surface area contributed by atoms with Crippen LogP contribution in [0.3, 0.4) is 0 Å². The predicted molar refractivity (Wildman–Crippen MR) is 85.0 cm³/mol. The van der Waals surface area contributed by atoms with Crippen molar-refractivity contribution >= 4 is 16.7 Å². The standard InChI is InChI=1S/C17H19NO3S/c19-17(18-11-5-2-6-12-18)16-10-9-14(21-16)13-22(20)15-7-3-1-4-8-15/h1,3-4,7-10H,2,5-6,11-13H2. The van der Waals surface area contributed by atoms with Crippen LogP contribution >= 0.6 is 0 Å². The Balaban J connectivity index is 1.66. The molecule has 1 aliphatic rings. The molecular formula is C17H19NO3S. The number of carbonyl (C=O) groups is 1. The highest BCUT2D eigenvalue weighted by atomic mass is 32.2. The van der Waals surface area contributed by atoms with Gasteiger partial charge in [0.1, 0.15) is 5.76 Å². The summed E-state index contributed by atoms with van der Waals surface area (Å²) >= 11 is 0. The number of hydrogen-bond donors (Lipinski definition) is 0. The zero-order valence-corrected chi connectivity index (χ0v) is 13.2. The van der Waals surface area contributed by atoms with Crippen molar-refractivity contribution in [3.05, 3.63) is 54.0 Å². The first-order chi connectivity index (χ1) is 10.7. The van der Waals surface area contributed by atoms with E-state index in [1.165, 1.54) is 6.42 Å². The number of piperidine rings is 1. The number of hydrogen-bond acceptors (Lipinski definition) is 3. The minimum absolute atomic E-state index is 0.0588. The van der Waals surface area contributed by atoms with Crippen LogP contribution in [0, 0.1) is 0 Å². The molecule has 1 aromatic carbocycles. The maximum Gasteiger partial charge on any atom is 0.289 e. The molecule has 0 aliphatic carbocycles. The number of amides is 1. The molecule has 0 radical (unpaired) electrons. The van der Waals surface area contributed by atoms with E-state index in [1.54, 1.807) is 12.1 Å². The van der Waals surface area contributed by atoms with Gasteiger partial charge >= 0.3 is 0 Å². The highest BCUT2D eigenvalue weighted by Crippen LogP contribution is 2.18. The van der Waals surface area contributed by atoms with Gasteiger partial charge in [-0.2, -0.15) is 0 Å². The molecule has 1 aliphatic heterocycles. The average Bonchev–Trinajstić information content (AvgIpc) is 3.04. The second-order valence-electron chi connectivity index (χ2n) is 5.42. The normalized spacial score (nSPS) is 16.5. The van der Waals surface area contributed by atoms with Crippen LogP contribution in [-0.4, -0.2) is 28.1 Å². The highest BCUT2D eigenvalue weighted by molar-refractivity contribution is 7.84. The molecule has 0 saturated carbocycles. The summed E-state index contributed by atoms with van der Waals surface area (Å²) in [5, 5.41) is 0. The molecule has 1 amide bonds. The lowest BCUT2D eigenvalue weighted by atomic mass is 10.1. The van der Waals surface area contributed by atoms with Crippen LogP contribution in [0.2, 0.25) is 0 Å². The molecule has 2 heterocycles. The van der Waals surface area contributed by atoms with E-state index in [-0.39, 0.29) is 11.7 Å². The predicted octanol–water partition coefficient (Wildman–Crippen LogP) is 3.21. The maximum absolute atomic E-state index is 12.3. The Morgan fingerprint density at radius 3 is 2.50 bits per heavy atom. The van der Waals surface area contributed by atoms with Gasteiger partial charge in [-0.05, 0) is 43.5 Å². The molecule has 116 valence electrons. The molecule has 1 saturated heterocycles. The van der Waals surface area contributed by atoms with E-state index in [1.807, 2.05) is 35.2 Å². The third-order valence-electron chi connectivity index (χ3n) is 3.80. The first-order valence-electron chi connectivity index (χ1n) is 7.55. The lowest BCUT2D eigenvalue weighted by Gasteiger charge is -2.25. The number of carbonyl (C=O) groups excluding carboxylic acids is 1. The van der Waals surface area contributed by atoms with Crippen molar-refractivity contribution in [2.45, 2.75) is 29.9 Å². The van der Waals surface area contributed by atoms with Crippen molar-refractivity contribution in [2.75, 3.05) is 13.1 Å². The summed E-state index contributed by atoms with van der Waals surface area (Å²) in [6, 6.07) is 12.7. The summed E-state index contributed by atoms with van der Waals surface area (Å²) in [5.74, 6) is 1.16. The molecule has 1 atom stereocenters. The molecule has 1 aromatic heterocycles. The number of rotatable bonds is 4. The summed E-state index contributed by atoms with van der Waals surface area (Å²) < 4.78 is 17.9. The third-order valence-corrected chi connectivity index (χ3v) is 5.14. The van der Waals surface area contributed by atoms with E-state index >= 15 is 0 Å². The minimum atomic E-state index is -1.16. The van der Waals surface area contributed by atoms with Crippen LogP contribution in [0.25, 0.3) is 0 Å². The van der Waals surface area contributed by atoms with Gasteiger partial charge in [0.15, 0.2) is 5.76 Å². The molecule has 22 heavy (non-hydrogen) atoms. The summed E-state index contributed by atoms with van der Waals surface area (Å²) in [7, 11) is -1.16. The van der Waals surface area contributed by atoms with Gasteiger partial charge < -0.3 is 9.32 Å². The van der Waals surface area contributed by atoms with Gasteiger partial charge in [0.25, 0.3) is 5.91 Å². The monoisotopic (exact) mass is 317 g/mol. The van der Waals surface area contributed by atoms with E-state index < -0.39 is 10.8 Å². The number of likely N-dealkylation sites (tertiary alicyclic amines) is 1. The summed E-state index contributed by atoms with van der Waals surface area (Å²) in [5.41, 5.74) is 0. The maximum atomic E-state index is 12.3. The fourth-order valence-electron chi connectivity index (χ4n) is 2.61. The Labute approximate surface area is 132 Å². The molecule has 0 N–H and O–H groups in total. The van der Waals surface area contributed by atoms with Gasteiger partial charge in [-0.25, -0.2) is 0 Å². The highest BCUT2D eigenvalue weighted by Gasteiger charge is 2.21. The number of nitrogens with zero attached hydrogens (tertiary/aromatic N) is 1. The van der Waals surface area contributed by atoms with Gasteiger partial charge in [0, 0.05) is 18.0 Å². The Kier molecular flexibility index (Phi) is 4.73. The first-order valence-corrected chi connectivity index (χ1v) is 8.87. The smallest absolute Gasteiger partial charge is 0.289 e.